The van der Waals surface area contributed by atoms with Crippen molar-refractivity contribution in [2.75, 3.05) is 5.75 Å². The summed E-state index contributed by atoms with van der Waals surface area (Å²) in [5.74, 6) is 0.984. The minimum Gasteiger partial charge on any atom is -0.301 e. The Kier molecular flexibility index (Phi) is 3.35. The number of nitrogens with one attached hydrogen (secondary N) is 1. The van der Waals surface area contributed by atoms with Crippen LogP contribution in [0.1, 0.15) is 23.8 Å². The highest BCUT2D eigenvalue weighted by Gasteiger charge is 2.11. The molecule has 0 unspecified atom stereocenters. The summed E-state index contributed by atoms with van der Waals surface area (Å²) in [6.45, 7) is 6.12. The molecule has 0 aromatic carbocycles. The summed E-state index contributed by atoms with van der Waals surface area (Å²) in [4.78, 5) is 21.2. The van der Waals surface area contributed by atoms with Crippen molar-refractivity contribution < 1.29 is 0 Å². The monoisotopic (exact) mass is 254 g/mol. The van der Waals surface area contributed by atoms with Crippen LogP contribution in [0.3, 0.4) is 0 Å². The highest BCUT2D eigenvalue weighted by molar-refractivity contribution is 7.99. The summed E-state index contributed by atoms with van der Waals surface area (Å²) in [6, 6.07) is 0. The fraction of sp³-hybridized carbons (Fsp3) is 0.455. The molecule has 0 radical (unpaired) electrons. The third-order valence-electron chi connectivity index (χ3n) is 2.46. The van der Waals surface area contributed by atoms with Crippen molar-refractivity contribution in [3.63, 3.8) is 0 Å². The van der Waals surface area contributed by atoms with Crippen molar-refractivity contribution in [1.29, 1.82) is 0 Å². The van der Waals surface area contributed by atoms with Gasteiger partial charge < -0.3 is 4.98 Å². The second kappa shape index (κ2) is 4.59. The number of thioether (sulfide) groups is 1. The molecule has 2 heterocycles. The molecule has 2 rings (SSSR count). The van der Waals surface area contributed by atoms with Gasteiger partial charge in [0.15, 0.2) is 5.16 Å². The van der Waals surface area contributed by atoms with Gasteiger partial charge in [0.05, 0.1) is 5.39 Å². The van der Waals surface area contributed by atoms with Gasteiger partial charge in [0.2, 0.25) is 0 Å². The van der Waals surface area contributed by atoms with E-state index in [1.165, 1.54) is 4.88 Å². The van der Waals surface area contributed by atoms with Crippen LogP contribution in [0.5, 0.6) is 0 Å². The number of aryl methyl sites for hydroxylation is 2. The van der Waals surface area contributed by atoms with Gasteiger partial charge in [-0.1, -0.05) is 18.7 Å². The van der Waals surface area contributed by atoms with Crippen LogP contribution in [-0.2, 0) is 0 Å². The molecule has 5 heteroatoms. The van der Waals surface area contributed by atoms with Crippen LogP contribution in [0.25, 0.3) is 10.2 Å². The fourth-order valence-electron chi connectivity index (χ4n) is 1.50. The first-order valence-electron chi connectivity index (χ1n) is 5.26. The van der Waals surface area contributed by atoms with E-state index in [1.54, 1.807) is 23.1 Å². The van der Waals surface area contributed by atoms with Gasteiger partial charge in [-0.3, -0.25) is 4.79 Å². The Balaban J connectivity index is 2.55. The highest BCUT2D eigenvalue weighted by atomic mass is 32.2. The molecule has 0 spiro atoms. The molecule has 16 heavy (non-hydrogen) atoms. The lowest BCUT2D eigenvalue weighted by Gasteiger charge is -1.98. The van der Waals surface area contributed by atoms with Crippen LogP contribution < -0.4 is 5.56 Å². The predicted molar refractivity (Wildman–Crippen MR) is 70.7 cm³/mol. The SMILES string of the molecule is CCCSc1nc2sc(C)c(C)c2c(=O)[nH]1. The molecule has 0 fully saturated rings. The van der Waals surface area contributed by atoms with E-state index in [0.29, 0.717) is 0 Å². The number of hydrogen-bond acceptors (Lipinski definition) is 4. The molecule has 3 nitrogen and oxygen atoms in total. The first-order valence-corrected chi connectivity index (χ1v) is 7.06. The van der Waals surface area contributed by atoms with Crippen molar-refractivity contribution in [3.8, 4) is 0 Å². The van der Waals surface area contributed by atoms with Crippen LogP contribution >= 0.6 is 23.1 Å². The van der Waals surface area contributed by atoms with Crippen molar-refractivity contribution >= 4 is 33.3 Å². The predicted octanol–water partition coefficient (Wildman–Crippen LogP) is 3.10. The zero-order chi connectivity index (χ0) is 11.7. The van der Waals surface area contributed by atoms with Gasteiger partial charge in [0.25, 0.3) is 5.56 Å². The normalized spacial score (nSPS) is 11.2. The maximum absolute atomic E-state index is 11.9. The molecule has 86 valence electrons. The van der Waals surface area contributed by atoms with Crippen molar-refractivity contribution in [1.82, 2.24) is 9.97 Å². The number of fused-ring (bicyclic) bond motifs is 1. The molecular weight excluding hydrogens is 240 g/mol. The van der Waals surface area contributed by atoms with Crippen molar-refractivity contribution in [2.24, 2.45) is 0 Å². The molecule has 2 aromatic heterocycles. The third kappa shape index (κ3) is 2.01. The van der Waals surface area contributed by atoms with Gasteiger partial charge in [0.1, 0.15) is 4.83 Å². The Hall–Kier alpha value is -0.810. The fourth-order valence-corrected chi connectivity index (χ4v) is 3.31. The zero-order valence-electron chi connectivity index (χ0n) is 9.59. The summed E-state index contributed by atoms with van der Waals surface area (Å²) < 4.78 is 0. The van der Waals surface area contributed by atoms with Gasteiger partial charge in [-0.2, -0.15) is 0 Å². The lowest BCUT2D eigenvalue weighted by Crippen LogP contribution is -2.08. The Morgan fingerprint density at radius 1 is 1.44 bits per heavy atom. The first-order chi connectivity index (χ1) is 7.63. The minimum atomic E-state index is -0.00884. The quantitative estimate of drug-likeness (QED) is 0.676. The van der Waals surface area contributed by atoms with Gasteiger partial charge >= 0.3 is 0 Å². The van der Waals surface area contributed by atoms with Gasteiger partial charge in [-0.15, -0.1) is 11.3 Å². The van der Waals surface area contributed by atoms with Crippen molar-refractivity contribution in [3.05, 3.63) is 20.8 Å². The smallest absolute Gasteiger partial charge is 0.260 e. The Morgan fingerprint density at radius 3 is 2.88 bits per heavy atom. The van der Waals surface area contributed by atoms with E-state index >= 15 is 0 Å². The Bertz CT molecular complexity index is 571. The second-order valence-corrected chi connectivity index (χ2v) is 5.97. The van der Waals surface area contributed by atoms with Crippen LogP contribution in [0.4, 0.5) is 0 Å². The number of hydrogen-bond donors (Lipinski definition) is 1. The molecule has 0 aliphatic heterocycles. The third-order valence-corrected chi connectivity index (χ3v) is 4.64. The van der Waals surface area contributed by atoms with E-state index < -0.39 is 0 Å². The average Bonchev–Trinajstić information content (AvgIpc) is 2.52. The molecule has 0 aliphatic carbocycles. The molecular formula is C11H14N2OS2. The minimum absolute atomic E-state index is 0.00884. The van der Waals surface area contributed by atoms with E-state index in [4.69, 9.17) is 0 Å². The van der Waals surface area contributed by atoms with E-state index in [-0.39, 0.29) is 5.56 Å². The Labute approximate surface area is 102 Å². The number of nitrogens with zero attached hydrogens (tertiary/aromatic N) is 1. The summed E-state index contributed by atoms with van der Waals surface area (Å²) in [6.07, 6.45) is 1.08. The van der Waals surface area contributed by atoms with Crippen LogP contribution in [0.15, 0.2) is 9.95 Å². The van der Waals surface area contributed by atoms with Crippen LogP contribution in [-0.4, -0.2) is 15.7 Å². The highest BCUT2D eigenvalue weighted by Crippen LogP contribution is 2.27. The number of H-pyrrole nitrogens is 1. The molecule has 0 saturated heterocycles. The average molecular weight is 254 g/mol. The maximum atomic E-state index is 11.9. The van der Waals surface area contributed by atoms with Gasteiger partial charge in [-0.25, -0.2) is 4.98 Å². The zero-order valence-corrected chi connectivity index (χ0v) is 11.2. The Morgan fingerprint density at radius 2 is 2.19 bits per heavy atom. The lowest BCUT2D eigenvalue weighted by molar-refractivity contribution is 0.972. The van der Waals surface area contributed by atoms with Crippen LogP contribution in [0.2, 0.25) is 0 Å². The van der Waals surface area contributed by atoms with Gasteiger partial charge in [0, 0.05) is 10.6 Å². The molecule has 2 aromatic rings. The number of rotatable bonds is 3. The summed E-state index contributed by atoms with van der Waals surface area (Å²) in [5, 5.41) is 1.49. The lowest BCUT2D eigenvalue weighted by atomic mass is 10.2. The number of thiophene rings is 1. The molecule has 1 N–H and O–H groups in total. The molecule has 0 saturated carbocycles. The van der Waals surface area contributed by atoms with E-state index in [9.17, 15) is 4.79 Å². The summed E-state index contributed by atoms with van der Waals surface area (Å²) in [7, 11) is 0. The maximum Gasteiger partial charge on any atom is 0.260 e. The molecule has 0 atom stereocenters. The summed E-state index contributed by atoms with van der Waals surface area (Å²) >= 11 is 3.20. The largest absolute Gasteiger partial charge is 0.301 e. The van der Waals surface area contributed by atoms with E-state index in [0.717, 1.165) is 33.1 Å². The number of aromatic nitrogens is 2. The van der Waals surface area contributed by atoms with Crippen LogP contribution in [0, 0.1) is 13.8 Å². The molecule has 0 amide bonds. The van der Waals surface area contributed by atoms with Crippen molar-refractivity contribution in [2.45, 2.75) is 32.3 Å². The van der Waals surface area contributed by atoms with E-state index in [2.05, 4.69) is 16.9 Å². The second-order valence-electron chi connectivity index (χ2n) is 3.68. The van der Waals surface area contributed by atoms with E-state index in [1.807, 2.05) is 13.8 Å². The summed E-state index contributed by atoms with van der Waals surface area (Å²) in [5.41, 5.74) is 1.05. The molecule has 0 bridgehead atoms. The van der Waals surface area contributed by atoms with Gasteiger partial charge in [-0.05, 0) is 25.8 Å². The standard InChI is InChI=1S/C11H14N2OS2/c1-4-5-15-11-12-9(14)8-6(2)7(3)16-10(8)13-11/h4-5H2,1-3H3,(H,12,13,14). The topological polar surface area (TPSA) is 45.8 Å². The number of aromatic amines is 1. The molecule has 0 aliphatic rings. The first kappa shape index (κ1) is 11.7.